The summed E-state index contributed by atoms with van der Waals surface area (Å²) in [5.74, 6) is 0.288. The standard InChI is InChI=1S/C21H25FN2O2/c22-18-6-8-20(9-7-18)26-15-12-21(25)23-19-10-13-24(14-11-19)16-17-4-2-1-3-5-17/h1-9,19H,10-16H2,(H,23,25). The molecular formula is C21H25FN2O2. The smallest absolute Gasteiger partial charge is 0.223 e. The maximum atomic E-state index is 12.8. The summed E-state index contributed by atoms with van der Waals surface area (Å²) in [6, 6.07) is 16.5. The molecule has 0 atom stereocenters. The van der Waals surface area contributed by atoms with Crippen LogP contribution in [0.25, 0.3) is 0 Å². The van der Waals surface area contributed by atoms with Crippen molar-refractivity contribution in [3.63, 3.8) is 0 Å². The number of nitrogens with zero attached hydrogens (tertiary/aromatic N) is 1. The van der Waals surface area contributed by atoms with Gasteiger partial charge in [-0.2, -0.15) is 0 Å². The van der Waals surface area contributed by atoms with Crippen LogP contribution in [0.2, 0.25) is 0 Å². The summed E-state index contributed by atoms with van der Waals surface area (Å²) in [5, 5.41) is 3.09. The van der Waals surface area contributed by atoms with Gasteiger partial charge in [0.05, 0.1) is 13.0 Å². The number of benzene rings is 2. The van der Waals surface area contributed by atoms with Gasteiger partial charge in [0.15, 0.2) is 0 Å². The van der Waals surface area contributed by atoms with Gasteiger partial charge < -0.3 is 10.1 Å². The zero-order chi connectivity index (χ0) is 18.2. The monoisotopic (exact) mass is 356 g/mol. The number of likely N-dealkylation sites (tertiary alicyclic amines) is 1. The van der Waals surface area contributed by atoms with Gasteiger partial charge in [0.1, 0.15) is 11.6 Å². The van der Waals surface area contributed by atoms with Crippen LogP contribution in [-0.4, -0.2) is 36.5 Å². The minimum absolute atomic E-state index is 0.00798. The average molecular weight is 356 g/mol. The second-order valence-corrected chi connectivity index (χ2v) is 6.66. The molecule has 0 spiro atoms. The lowest BCUT2D eigenvalue weighted by Crippen LogP contribution is -2.44. The van der Waals surface area contributed by atoms with Crippen LogP contribution in [0.3, 0.4) is 0 Å². The molecule has 1 heterocycles. The molecule has 138 valence electrons. The summed E-state index contributed by atoms with van der Waals surface area (Å²) in [6.07, 6.45) is 2.25. The lowest BCUT2D eigenvalue weighted by molar-refractivity contribution is -0.122. The third-order valence-corrected chi connectivity index (χ3v) is 4.61. The van der Waals surface area contributed by atoms with Crippen molar-refractivity contribution in [3.8, 4) is 5.75 Å². The molecule has 0 saturated carbocycles. The van der Waals surface area contributed by atoms with Gasteiger partial charge in [-0.15, -0.1) is 0 Å². The van der Waals surface area contributed by atoms with Gasteiger partial charge in [-0.25, -0.2) is 4.39 Å². The Bertz CT molecular complexity index is 683. The highest BCUT2D eigenvalue weighted by atomic mass is 19.1. The number of rotatable bonds is 7. The maximum Gasteiger partial charge on any atom is 0.223 e. The number of nitrogens with one attached hydrogen (secondary N) is 1. The van der Waals surface area contributed by atoms with Gasteiger partial charge >= 0.3 is 0 Å². The third kappa shape index (κ3) is 5.85. The first-order valence-electron chi connectivity index (χ1n) is 9.13. The maximum absolute atomic E-state index is 12.8. The third-order valence-electron chi connectivity index (χ3n) is 4.61. The fourth-order valence-corrected chi connectivity index (χ4v) is 3.17. The summed E-state index contributed by atoms with van der Waals surface area (Å²) in [4.78, 5) is 14.5. The molecule has 0 radical (unpaired) electrons. The van der Waals surface area contributed by atoms with Crippen molar-refractivity contribution in [2.75, 3.05) is 19.7 Å². The molecule has 2 aromatic rings. The summed E-state index contributed by atoms with van der Waals surface area (Å²) < 4.78 is 18.3. The lowest BCUT2D eigenvalue weighted by atomic mass is 10.0. The molecule has 1 amide bonds. The Morgan fingerprint density at radius 3 is 2.46 bits per heavy atom. The SMILES string of the molecule is O=C(CCOc1ccc(F)cc1)NC1CCN(Cc2ccccc2)CC1. The van der Waals surface area contributed by atoms with Crippen molar-refractivity contribution in [2.24, 2.45) is 0 Å². The largest absolute Gasteiger partial charge is 0.493 e. The molecule has 1 aliphatic rings. The quantitative estimate of drug-likeness (QED) is 0.827. The van der Waals surface area contributed by atoms with E-state index in [1.807, 2.05) is 6.07 Å². The van der Waals surface area contributed by atoms with Crippen molar-refractivity contribution >= 4 is 5.91 Å². The number of halogens is 1. The molecule has 0 bridgehead atoms. The van der Waals surface area contributed by atoms with Gasteiger partial charge in [0.2, 0.25) is 5.91 Å². The molecule has 0 unspecified atom stereocenters. The molecule has 1 aliphatic heterocycles. The van der Waals surface area contributed by atoms with E-state index in [4.69, 9.17) is 4.74 Å². The molecule has 5 heteroatoms. The normalized spacial score (nSPS) is 15.6. The molecule has 1 N–H and O–H groups in total. The molecular weight excluding hydrogens is 331 g/mol. The van der Waals surface area contributed by atoms with Crippen LogP contribution in [0.15, 0.2) is 54.6 Å². The minimum Gasteiger partial charge on any atom is -0.493 e. The fourth-order valence-electron chi connectivity index (χ4n) is 3.17. The highest BCUT2D eigenvalue weighted by molar-refractivity contribution is 5.76. The van der Waals surface area contributed by atoms with E-state index in [1.54, 1.807) is 12.1 Å². The number of amides is 1. The Balaban J connectivity index is 1.32. The van der Waals surface area contributed by atoms with Crippen LogP contribution in [-0.2, 0) is 11.3 Å². The van der Waals surface area contributed by atoms with Gasteiger partial charge in [0.25, 0.3) is 0 Å². The topological polar surface area (TPSA) is 41.6 Å². The van der Waals surface area contributed by atoms with Crippen LogP contribution in [0.1, 0.15) is 24.8 Å². The van der Waals surface area contributed by atoms with Crippen LogP contribution < -0.4 is 10.1 Å². The Morgan fingerprint density at radius 2 is 1.77 bits per heavy atom. The van der Waals surface area contributed by atoms with E-state index in [2.05, 4.69) is 34.5 Å². The predicted octanol–water partition coefficient (Wildman–Crippen LogP) is 3.38. The summed E-state index contributed by atoms with van der Waals surface area (Å²) >= 11 is 0. The van der Waals surface area contributed by atoms with E-state index in [0.29, 0.717) is 18.8 Å². The molecule has 4 nitrogen and oxygen atoms in total. The first kappa shape index (κ1) is 18.4. The predicted molar refractivity (Wildman–Crippen MR) is 99.4 cm³/mol. The molecule has 0 aliphatic carbocycles. The molecule has 1 fully saturated rings. The van der Waals surface area contributed by atoms with Crippen LogP contribution in [0.4, 0.5) is 4.39 Å². The van der Waals surface area contributed by atoms with Crippen LogP contribution in [0.5, 0.6) is 5.75 Å². The zero-order valence-electron chi connectivity index (χ0n) is 14.9. The first-order valence-corrected chi connectivity index (χ1v) is 9.13. The van der Waals surface area contributed by atoms with Crippen molar-refractivity contribution < 1.29 is 13.9 Å². The van der Waals surface area contributed by atoms with E-state index >= 15 is 0 Å². The average Bonchev–Trinajstić information content (AvgIpc) is 2.66. The summed E-state index contributed by atoms with van der Waals surface area (Å²) in [7, 11) is 0. The van der Waals surface area contributed by atoms with E-state index in [0.717, 1.165) is 32.5 Å². The zero-order valence-corrected chi connectivity index (χ0v) is 14.9. The molecule has 3 rings (SSSR count). The molecule has 0 aromatic heterocycles. The fraction of sp³-hybridized carbons (Fsp3) is 0.381. The van der Waals surface area contributed by atoms with E-state index < -0.39 is 0 Å². The first-order chi connectivity index (χ1) is 12.7. The van der Waals surface area contributed by atoms with E-state index in [9.17, 15) is 9.18 Å². The van der Waals surface area contributed by atoms with Crippen LogP contribution >= 0.6 is 0 Å². The minimum atomic E-state index is -0.298. The number of piperidine rings is 1. The lowest BCUT2D eigenvalue weighted by Gasteiger charge is -2.32. The second-order valence-electron chi connectivity index (χ2n) is 6.66. The Hall–Kier alpha value is -2.40. The second kappa shape index (κ2) is 9.34. The van der Waals surface area contributed by atoms with E-state index in [-0.39, 0.29) is 17.8 Å². The summed E-state index contributed by atoms with van der Waals surface area (Å²) in [6.45, 7) is 3.25. The van der Waals surface area contributed by atoms with Gasteiger partial charge in [0, 0.05) is 25.7 Å². The van der Waals surface area contributed by atoms with Gasteiger partial charge in [-0.1, -0.05) is 30.3 Å². The Morgan fingerprint density at radius 1 is 1.08 bits per heavy atom. The Kier molecular flexibility index (Phi) is 6.61. The van der Waals surface area contributed by atoms with Crippen molar-refractivity contribution in [2.45, 2.75) is 31.8 Å². The highest BCUT2D eigenvalue weighted by Gasteiger charge is 2.20. The van der Waals surface area contributed by atoms with Crippen molar-refractivity contribution in [1.82, 2.24) is 10.2 Å². The molecule has 26 heavy (non-hydrogen) atoms. The van der Waals surface area contributed by atoms with Crippen molar-refractivity contribution in [3.05, 3.63) is 66.0 Å². The number of ether oxygens (including phenoxy) is 1. The molecule has 2 aromatic carbocycles. The number of carbonyl (C=O) groups excluding carboxylic acids is 1. The number of hydrogen-bond donors (Lipinski definition) is 1. The van der Waals surface area contributed by atoms with Gasteiger partial charge in [-0.05, 0) is 42.7 Å². The van der Waals surface area contributed by atoms with Crippen LogP contribution in [0, 0.1) is 5.82 Å². The number of hydrogen-bond acceptors (Lipinski definition) is 3. The van der Waals surface area contributed by atoms with E-state index in [1.165, 1.54) is 17.7 Å². The Labute approximate surface area is 154 Å². The summed E-state index contributed by atoms with van der Waals surface area (Å²) in [5.41, 5.74) is 1.33. The van der Waals surface area contributed by atoms with Gasteiger partial charge in [-0.3, -0.25) is 9.69 Å². The molecule has 1 saturated heterocycles. The van der Waals surface area contributed by atoms with Crippen molar-refractivity contribution in [1.29, 1.82) is 0 Å². The number of carbonyl (C=O) groups is 1. The highest BCUT2D eigenvalue weighted by Crippen LogP contribution is 2.14.